The van der Waals surface area contributed by atoms with Gasteiger partial charge in [0.2, 0.25) is 0 Å². The van der Waals surface area contributed by atoms with E-state index in [1.54, 1.807) is 0 Å². The highest BCUT2D eigenvalue weighted by atomic mass is 79.9. The van der Waals surface area contributed by atoms with Gasteiger partial charge < -0.3 is 9.88 Å². The second-order valence-electron chi connectivity index (χ2n) is 5.09. The van der Waals surface area contributed by atoms with Crippen molar-refractivity contribution in [3.05, 3.63) is 39.8 Å². The fraction of sp³-hybridized carbons (Fsp3) is 0.400. The van der Waals surface area contributed by atoms with E-state index in [4.69, 9.17) is 0 Å². The zero-order chi connectivity index (χ0) is 13.4. The topological polar surface area (TPSA) is 29.9 Å². The lowest BCUT2D eigenvalue weighted by atomic mass is 10.0. The van der Waals surface area contributed by atoms with E-state index in [0.717, 1.165) is 17.0 Å². The molecule has 0 saturated carbocycles. The molecule has 1 aromatic carbocycles. The van der Waals surface area contributed by atoms with Crippen LogP contribution in [-0.4, -0.2) is 16.6 Å². The van der Waals surface area contributed by atoms with Crippen molar-refractivity contribution in [2.75, 3.05) is 7.05 Å². The van der Waals surface area contributed by atoms with Crippen LogP contribution in [0.1, 0.15) is 23.4 Å². The second-order valence-corrected chi connectivity index (χ2v) is 5.84. The molecule has 0 amide bonds. The smallest absolute Gasteiger partial charge is 0.132 e. The number of nitrogens with zero attached hydrogens (tertiary/aromatic N) is 2. The first-order chi connectivity index (χ1) is 9.20. The normalized spacial score (nSPS) is 13.8. The van der Waals surface area contributed by atoms with Crippen LogP contribution in [0.5, 0.6) is 0 Å². The summed E-state index contributed by atoms with van der Waals surface area (Å²) in [5.41, 5.74) is 5.43. The lowest BCUT2D eigenvalue weighted by Crippen LogP contribution is -2.10. The van der Waals surface area contributed by atoms with Crippen LogP contribution < -0.4 is 5.32 Å². The standard InChI is InChI=1S/C15H18BrN3/c1-17-9-13-18-15(16)14(19(13)2)12-7-6-10-4-3-5-11(10)8-12/h6-8,17H,3-5,9H2,1-2H3. The number of aromatic nitrogens is 2. The molecule has 0 radical (unpaired) electrons. The highest BCUT2D eigenvalue weighted by Gasteiger charge is 2.17. The lowest BCUT2D eigenvalue weighted by Gasteiger charge is -2.08. The van der Waals surface area contributed by atoms with E-state index in [1.807, 2.05) is 7.05 Å². The van der Waals surface area contributed by atoms with E-state index in [-0.39, 0.29) is 0 Å². The van der Waals surface area contributed by atoms with E-state index >= 15 is 0 Å². The van der Waals surface area contributed by atoms with Gasteiger partial charge in [-0.1, -0.05) is 12.1 Å². The number of rotatable bonds is 3. The van der Waals surface area contributed by atoms with Gasteiger partial charge in [0, 0.05) is 12.6 Å². The highest BCUT2D eigenvalue weighted by molar-refractivity contribution is 9.10. The van der Waals surface area contributed by atoms with Crippen LogP contribution in [0, 0.1) is 0 Å². The van der Waals surface area contributed by atoms with Gasteiger partial charge in [0.05, 0.1) is 12.2 Å². The van der Waals surface area contributed by atoms with Crippen LogP contribution in [0.15, 0.2) is 22.8 Å². The van der Waals surface area contributed by atoms with Crippen LogP contribution in [0.2, 0.25) is 0 Å². The van der Waals surface area contributed by atoms with Crippen LogP contribution in [0.4, 0.5) is 0 Å². The summed E-state index contributed by atoms with van der Waals surface area (Å²) >= 11 is 3.60. The molecule has 0 saturated heterocycles. The van der Waals surface area contributed by atoms with Crippen molar-refractivity contribution in [2.24, 2.45) is 7.05 Å². The Hall–Kier alpha value is -1.13. The van der Waals surface area contributed by atoms with Crippen molar-refractivity contribution in [3.8, 4) is 11.3 Å². The number of imidazole rings is 1. The molecule has 0 fully saturated rings. The average Bonchev–Trinajstić information content (AvgIpc) is 2.95. The van der Waals surface area contributed by atoms with Crippen LogP contribution in [-0.2, 0) is 26.4 Å². The van der Waals surface area contributed by atoms with Gasteiger partial charge >= 0.3 is 0 Å². The van der Waals surface area contributed by atoms with Crippen LogP contribution in [0.3, 0.4) is 0 Å². The molecule has 100 valence electrons. The Morgan fingerprint density at radius 2 is 2.11 bits per heavy atom. The maximum atomic E-state index is 4.59. The van der Waals surface area contributed by atoms with Crippen molar-refractivity contribution < 1.29 is 0 Å². The molecule has 1 heterocycles. The molecule has 4 heteroatoms. The fourth-order valence-corrected chi connectivity index (χ4v) is 3.56. The molecule has 1 N–H and O–H groups in total. The first-order valence-corrected chi connectivity index (χ1v) is 7.48. The Morgan fingerprint density at radius 3 is 2.89 bits per heavy atom. The molecule has 1 aromatic heterocycles. The number of hydrogen-bond donors (Lipinski definition) is 1. The molecule has 0 spiro atoms. The predicted octanol–water partition coefficient (Wildman–Crippen LogP) is 3.06. The van der Waals surface area contributed by atoms with E-state index in [0.29, 0.717) is 0 Å². The number of benzene rings is 1. The minimum Gasteiger partial charge on any atom is -0.329 e. The van der Waals surface area contributed by atoms with Crippen molar-refractivity contribution in [1.82, 2.24) is 14.9 Å². The third-order valence-corrected chi connectivity index (χ3v) is 4.40. The maximum absolute atomic E-state index is 4.59. The molecule has 1 aliphatic rings. The van der Waals surface area contributed by atoms with Crippen LogP contribution >= 0.6 is 15.9 Å². The van der Waals surface area contributed by atoms with Crippen molar-refractivity contribution >= 4 is 15.9 Å². The zero-order valence-electron chi connectivity index (χ0n) is 11.3. The summed E-state index contributed by atoms with van der Waals surface area (Å²) in [6.45, 7) is 0.778. The molecule has 0 atom stereocenters. The van der Waals surface area contributed by atoms with E-state index in [2.05, 4.69) is 56.0 Å². The highest BCUT2D eigenvalue weighted by Crippen LogP contribution is 2.32. The molecular formula is C15H18BrN3. The predicted molar refractivity (Wildman–Crippen MR) is 81.1 cm³/mol. The molecular weight excluding hydrogens is 302 g/mol. The molecule has 19 heavy (non-hydrogen) atoms. The van der Waals surface area contributed by atoms with E-state index in [9.17, 15) is 0 Å². The van der Waals surface area contributed by atoms with Crippen molar-refractivity contribution in [1.29, 1.82) is 0 Å². The summed E-state index contributed by atoms with van der Waals surface area (Å²) in [7, 11) is 4.02. The Balaban J connectivity index is 2.07. The number of hydrogen-bond acceptors (Lipinski definition) is 2. The molecule has 0 aliphatic heterocycles. The third-order valence-electron chi connectivity index (χ3n) is 3.85. The van der Waals surface area contributed by atoms with Gasteiger partial charge in [0.25, 0.3) is 0 Å². The monoisotopic (exact) mass is 319 g/mol. The average molecular weight is 320 g/mol. The number of fused-ring (bicyclic) bond motifs is 1. The van der Waals surface area contributed by atoms with Gasteiger partial charge in [-0.3, -0.25) is 0 Å². The summed E-state index contributed by atoms with van der Waals surface area (Å²) in [5.74, 6) is 1.05. The molecule has 3 nitrogen and oxygen atoms in total. The van der Waals surface area contributed by atoms with E-state index in [1.165, 1.54) is 41.6 Å². The first-order valence-electron chi connectivity index (χ1n) is 6.68. The van der Waals surface area contributed by atoms with Gasteiger partial charge in [-0.15, -0.1) is 0 Å². The number of halogens is 1. The van der Waals surface area contributed by atoms with Crippen molar-refractivity contribution in [2.45, 2.75) is 25.8 Å². The Morgan fingerprint density at radius 1 is 1.32 bits per heavy atom. The maximum Gasteiger partial charge on any atom is 0.132 e. The molecule has 2 aromatic rings. The largest absolute Gasteiger partial charge is 0.329 e. The minimum atomic E-state index is 0.778. The lowest BCUT2D eigenvalue weighted by molar-refractivity contribution is 0.712. The number of nitrogens with one attached hydrogen (secondary N) is 1. The van der Waals surface area contributed by atoms with Gasteiger partial charge in [-0.05, 0) is 59.4 Å². The second kappa shape index (κ2) is 5.10. The summed E-state index contributed by atoms with van der Waals surface area (Å²) in [6.07, 6.45) is 3.73. The Bertz CT molecular complexity index is 616. The molecule has 0 unspecified atom stereocenters. The summed E-state index contributed by atoms with van der Waals surface area (Å²) < 4.78 is 3.09. The zero-order valence-corrected chi connectivity index (χ0v) is 12.9. The summed E-state index contributed by atoms with van der Waals surface area (Å²) in [6, 6.07) is 6.82. The van der Waals surface area contributed by atoms with Crippen molar-refractivity contribution in [3.63, 3.8) is 0 Å². The Labute approximate surface area is 122 Å². The SMILES string of the molecule is CNCc1nc(Br)c(-c2ccc3c(c2)CCC3)n1C. The first kappa shape index (κ1) is 12.9. The number of aryl methyl sites for hydroxylation is 2. The molecule has 0 bridgehead atoms. The van der Waals surface area contributed by atoms with E-state index < -0.39 is 0 Å². The van der Waals surface area contributed by atoms with Gasteiger partial charge in [0.15, 0.2) is 0 Å². The van der Waals surface area contributed by atoms with Gasteiger partial charge in [-0.2, -0.15) is 0 Å². The quantitative estimate of drug-likeness (QED) is 0.942. The summed E-state index contributed by atoms with van der Waals surface area (Å²) in [5, 5.41) is 3.15. The Kier molecular flexibility index (Phi) is 3.46. The molecule has 1 aliphatic carbocycles. The van der Waals surface area contributed by atoms with Gasteiger partial charge in [-0.25, -0.2) is 4.98 Å². The summed E-state index contributed by atoms with van der Waals surface area (Å²) in [4.78, 5) is 4.59. The fourth-order valence-electron chi connectivity index (χ4n) is 2.86. The van der Waals surface area contributed by atoms with Crippen LogP contribution in [0.25, 0.3) is 11.3 Å². The molecule has 3 rings (SSSR count). The minimum absolute atomic E-state index is 0.778. The van der Waals surface area contributed by atoms with Gasteiger partial charge in [0.1, 0.15) is 10.4 Å². The third kappa shape index (κ3) is 2.23.